The molecule has 0 N–H and O–H groups in total. The summed E-state index contributed by atoms with van der Waals surface area (Å²) in [6.07, 6.45) is -4.40. The molecule has 0 aliphatic rings. The summed E-state index contributed by atoms with van der Waals surface area (Å²) in [4.78, 5) is 3.49. The fourth-order valence-corrected chi connectivity index (χ4v) is 1.10. The average molecular weight is 233 g/mol. The molecule has 1 rings (SSSR count). The summed E-state index contributed by atoms with van der Waals surface area (Å²) >= 11 is 4.32. The Kier molecular flexibility index (Phi) is 3.44. The molecule has 0 aliphatic heterocycles. The standard InChI is InChI=1S/C9H6F3NOS/c1-14-8-3-2-6(9(10,11)12)4-7(8)13-5-15/h2-4H,1H3. The summed E-state index contributed by atoms with van der Waals surface area (Å²) in [5.74, 6) is 0.223. The lowest BCUT2D eigenvalue weighted by Gasteiger charge is -2.09. The topological polar surface area (TPSA) is 21.6 Å². The molecule has 0 amide bonds. The molecule has 0 atom stereocenters. The van der Waals surface area contributed by atoms with E-state index in [2.05, 4.69) is 17.2 Å². The maximum Gasteiger partial charge on any atom is 0.416 e. The van der Waals surface area contributed by atoms with Crippen LogP contribution in [-0.2, 0) is 6.18 Å². The number of alkyl halides is 3. The van der Waals surface area contributed by atoms with Crippen LogP contribution in [0.2, 0.25) is 0 Å². The van der Waals surface area contributed by atoms with E-state index in [1.807, 2.05) is 5.16 Å². The van der Waals surface area contributed by atoms with Crippen molar-refractivity contribution in [1.82, 2.24) is 0 Å². The molecular weight excluding hydrogens is 227 g/mol. The van der Waals surface area contributed by atoms with Crippen LogP contribution in [0.15, 0.2) is 23.2 Å². The average Bonchev–Trinajstić information content (AvgIpc) is 2.17. The fourth-order valence-electron chi connectivity index (χ4n) is 1.00. The summed E-state index contributed by atoms with van der Waals surface area (Å²) in [7, 11) is 1.34. The van der Waals surface area contributed by atoms with Crippen LogP contribution in [0, 0.1) is 0 Å². The van der Waals surface area contributed by atoms with Gasteiger partial charge in [0.15, 0.2) is 0 Å². The van der Waals surface area contributed by atoms with E-state index in [-0.39, 0.29) is 11.4 Å². The van der Waals surface area contributed by atoms with Crippen LogP contribution in [0.5, 0.6) is 5.75 Å². The van der Waals surface area contributed by atoms with Gasteiger partial charge in [0, 0.05) is 0 Å². The first-order valence-electron chi connectivity index (χ1n) is 3.82. The highest BCUT2D eigenvalue weighted by molar-refractivity contribution is 7.78. The lowest BCUT2D eigenvalue weighted by Crippen LogP contribution is -2.04. The molecule has 0 fully saturated rings. The van der Waals surface area contributed by atoms with Gasteiger partial charge in [-0.15, -0.1) is 0 Å². The molecule has 6 heteroatoms. The van der Waals surface area contributed by atoms with E-state index in [4.69, 9.17) is 4.74 Å². The molecule has 0 aliphatic carbocycles. The van der Waals surface area contributed by atoms with Crippen molar-refractivity contribution < 1.29 is 17.9 Å². The van der Waals surface area contributed by atoms with Crippen LogP contribution in [0.3, 0.4) is 0 Å². The normalized spacial score (nSPS) is 10.7. The lowest BCUT2D eigenvalue weighted by atomic mass is 10.2. The number of benzene rings is 1. The SMILES string of the molecule is COc1ccc(C(F)(F)F)cc1N=C=S. The van der Waals surface area contributed by atoms with Gasteiger partial charge in [0.2, 0.25) is 0 Å². The van der Waals surface area contributed by atoms with E-state index in [9.17, 15) is 13.2 Å². The van der Waals surface area contributed by atoms with Crippen LogP contribution in [-0.4, -0.2) is 12.3 Å². The Labute approximate surface area is 89.4 Å². The van der Waals surface area contributed by atoms with Gasteiger partial charge in [-0.25, -0.2) is 0 Å². The van der Waals surface area contributed by atoms with Gasteiger partial charge in [-0.2, -0.15) is 18.2 Å². The molecule has 2 nitrogen and oxygen atoms in total. The van der Waals surface area contributed by atoms with Gasteiger partial charge in [-0.3, -0.25) is 0 Å². The van der Waals surface area contributed by atoms with Crippen molar-refractivity contribution in [3.05, 3.63) is 23.8 Å². The zero-order valence-electron chi connectivity index (χ0n) is 7.63. The van der Waals surface area contributed by atoms with E-state index in [0.717, 1.165) is 12.1 Å². The number of nitrogens with zero attached hydrogens (tertiary/aromatic N) is 1. The third-order valence-corrected chi connectivity index (χ3v) is 1.76. The maximum absolute atomic E-state index is 12.3. The number of ether oxygens (including phenoxy) is 1. The van der Waals surface area contributed by atoms with Crippen molar-refractivity contribution in [2.75, 3.05) is 7.11 Å². The third kappa shape index (κ3) is 2.78. The van der Waals surface area contributed by atoms with E-state index >= 15 is 0 Å². The van der Waals surface area contributed by atoms with Gasteiger partial charge >= 0.3 is 6.18 Å². The Morgan fingerprint density at radius 1 is 1.40 bits per heavy atom. The number of aliphatic imine (C=N–C) groups is 1. The van der Waals surface area contributed by atoms with Crippen molar-refractivity contribution in [3.63, 3.8) is 0 Å². The first-order valence-corrected chi connectivity index (χ1v) is 4.23. The Morgan fingerprint density at radius 2 is 2.07 bits per heavy atom. The number of hydrogen-bond donors (Lipinski definition) is 0. The van der Waals surface area contributed by atoms with Gasteiger partial charge in [0.05, 0.1) is 17.8 Å². The van der Waals surface area contributed by atoms with E-state index < -0.39 is 11.7 Å². The molecule has 0 heterocycles. The number of halogens is 3. The molecule has 0 spiro atoms. The Morgan fingerprint density at radius 3 is 2.53 bits per heavy atom. The smallest absolute Gasteiger partial charge is 0.416 e. The summed E-state index contributed by atoms with van der Waals surface area (Å²) in [6.45, 7) is 0. The van der Waals surface area contributed by atoms with Crippen LogP contribution < -0.4 is 4.74 Å². The third-order valence-electron chi connectivity index (χ3n) is 1.67. The lowest BCUT2D eigenvalue weighted by molar-refractivity contribution is -0.137. The van der Waals surface area contributed by atoms with Crippen molar-refractivity contribution in [3.8, 4) is 5.75 Å². The minimum Gasteiger partial charge on any atom is -0.494 e. The summed E-state index contributed by atoms with van der Waals surface area (Å²) in [5, 5.41) is 2.00. The fraction of sp³-hybridized carbons (Fsp3) is 0.222. The first-order chi connectivity index (χ1) is 6.99. The Hall–Kier alpha value is -1.39. The second-order valence-electron chi connectivity index (χ2n) is 2.59. The second kappa shape index (κ2) is 4.42. The van der Waals surface area contributed by atoms with Gasteiger partial charge in [0.1, 0.15) is 11.4 Å². The molecule has 0 saturated carbocycles. The van der Waals surface area contributed by atoms with Crippen LogP contribution in [0.4, 0.5) is 18.9 Å². The van der Waals surface area contributed by atoms with Gasteiger partial charge in [-0.1, -0.05) is 0 Å². The van der Waals surface area contributed by atoms with Crippen molar-refractivity contribution >= 4 is 23.1 Å². The summed E-state index contributed by atoms with van der Waals surface area (Å²) in [5.41, 5.74) is -0.783. The van der Waals surface area contributed by atoms with Crippen molar-refractivity contribution in [2.45, 2.75) is 6.18 Å². The second-order valence-corrected chi connectivity index (χ2v) is 2.77. The maximum atomic E-state index is 12.3. The highest BCUT2D eigenvalue weighted by Crippen LogP contribution is 2.35. The van der Waals surface area contributed by atoms with Gasteiger partial charge < -0.3 is 4.74 Å². The van der Waals surface area contributed by atoms with E-state index in [1.165, 1.54) is 13.2 Å². The molecule has 0 unspecified atom stereocenters. The highest BCUT2D eigenvalue weighted by Gasteiger charge is 2.31. The highest BCUT2D eigenvalue weighted by atomic mass is 32.1. The van der Waals surface area contributed by atoms with Gasteiger partial charge in [-0.05, 0) is 30.4 Å². The van der Waals surface area contributed by atoms with E-state index in [0.29, 0.717) is 0 Å². The molecule has 0 radical (unpaired) electrons. The number of rotatable bonds is 2. The molecule has 0 saturated heterocycles. The van der Waals surface area contributed by atoms with Crippen LogP contribution in [0.25, 0.3) is 0 Å². The number of hydrogen-bond acceptors (Lipinski definition) is 3. The summed E-state index contributed by atoms with van der Waals surface area (Å²) < 4.78 is 41.8. The molecule has 1 aromatic carbocycles. The zero-order valence-corrected chi connectivity index (χ0v) is 8.45. The number of isothiocyanates is 1. The van der Waals surface area contributed by atoms with Crippen molar-refractivity contribution in [1.29, 1.82) is 0 Å². The molecule has 1 aromatic rings. The first kappa shape index (κ1) is 11.7. The van der Waals surface area contributed by atoms with Gasteiger partial charge in [0.25, 0.3) is 0 Å². The molecule has 0 aromatic heterocycles. The molecular formula is C9H6F3NOS. The number of methoxy groups -OCH3 is 1. The zero-order chi connectivity index (χ0) is 11.5. The Balaban J connectivity index is 3.28. The molecule has 80 valence electrons. The summed E-state index contributed by atoms with van der Waals surface area (Å²) in [6, 6.07) is 2.97. The predicted octanol–water partition coefficient (Wildman–Crippen LogP) is 3.45. The quantitative estimate of drug-likeness (QED) is 0.576. The Bertz CT molecular complexity index is 410. The molecule has 15 heavy (non-hydrogen) atoms. The minimum atomic E-state index is -4.40. The van der Waals surface area contributed by atoms with Crippen LogP contribution in [0.1, 0.15) is 5.56 Å². The van der Waals surface area contributed by atoms with E-state index in [1.54, 1.807) is 0 Å². The minimum absolute atomic E-state index is 0.0160. The molecule has 0 bridgehead atoms. The number of thiocarbonyl (C=S) groups is 1. The van der Waals surface area contributed by atoms with Crippen LogP contribution >= 0.6 is 12.2 Å². The predicted molar refractivity (Wildman–Crippen MR) is 52.7 cm³/mol. The monoisotopic (exact) mass is 233 g/mol. The van der Waals surface area contributed by atoms with Crippen molar-refractivity contribution in [2.24, 2.45) is 4.99 Å². The largest absolute Gasteiger partial charge is 0.494 e.